The van der Waals surface area contributed by atoms with Crippen LogP contribution in [0.15, 0.2) is 99.0 Å². The number of hydrogen-bond donors (Lipinski definition) is 1. The molecule has 1 amide bonds. The van der Waals surface area contributed by atoms with Gasteiger partial charge in [-0.3, -0.25) is 9.79 Å². The van der Waals surface area contributed by atoms with Gasteiger partial charge >= 0.3 is 0 Å². The molecule has 0 unspecified atom stereocenters. The molecule has 0 bridgehead atoms. The van der Waals surface area contributed by atoms with Crippen LogP contribution in [0, 0.1) is 5.92 Å². The highest BCUT2D eigenvalue weighted by molar-refractivity contribution is 7.99. The van der Waals surface area contributed by atoms with Gasteiger partial charge in [-0.25, -0.2) is 15.0 Å². The minimum Gasteiger partial charge on any atom is -0.453 e. The number of carbonyl (C=O) groups excluding carboxylic acids is 1. The molecule has 1 saturated heterocycles. The summed E-state index contributed by atoms with van der Waals surface area (Å²) in [5, 5.41) is 4.26. The molecule has 1 aromatic carbocycles. The molecule has 0 spiro atoms. The maximum Gasteiger partial charge on any atom is 0.209 e. The maximum atomic E-state index is 11.1. The molecule has 1 aliphatic rings. The molecule has 1 aliphatic heterocycles. The number of rotatable bonds is 8. The minimum atomic E-state index is 0.224. The second-order valence-corrected chi connectivity index (χ2v) is 9.42. The normalized spacial score (nSPS) is 15.1. The second kappa shape index (κ2) is 13.4. The number of allylic oxidation sites excluding steroid dienone is 1. The smallest absolute Gasteiger partial charge is 0.209 e. The predicted molar refractivity (Wildman–Crippen MR) is 148 cm³/mol. The molecule has 4 rings (SSSR count). The molecule has 3 aromatic rings. The monoisotopic (exact) mass is 514 g/mol. The number of aliphatic imine (C=N–C) groups is 2. The molecule has 3 heterocycles. The van der Waals surface area contributed by atoms with Gasteiger partial charge in [-0.05, 0) is 50.1 Å². The van der Waals surface area contributed by atoms with Gasteiger partial charge in [0, 0.05) is 49.4 Å². The molecule has 37 heavy (non-hydrogen) atoms. The summed E-state index contributed by atoms with van der Waals surface area (Å²) in [4.78, 5) is 32.1. The fourth-order valence-electron chi connectivity index (χ4n) is 3.91. The molecule has 2 aromatic heterocycles. The number of ether oxygens (including phenoxy) is 1. The summed E-state index contributed by atoms with van der Waals surface area (Å²) in [5.41, 5.74) is 0. The third-order valence-corrected chi connectivity index (χ3v) is 6.66. The zero-order chi connectivity index (χ0) is 25.9. The number of para-hydroxylation sites is 1. The van der Waals surface area contributed by atoms with Gasteiger partial charge in [-0.1, -0.05) is 42.1 Å². The van der Waals surface area contributed by atoms with E-state index in [4.69, 9.17) is 9.73 Å². The van der Waals surface area contributed by atoms with Gasteiger partial charge in [0.15, 0.2) is 11.6 Å². The summed E-state index contributed by atoms with van der Waals surface area (Å²) in [7, 11) is 1.77. The summed E-state index contributed by atoms with van der Waals surface area (Å²) >= 11 is 1.51. The number of benzene rings is 1. The van der Waals surface area contributed by atoms with Crippen molar-refractivity contribution in [3.8, 4) is 11.5 Å². The number of carbonyl (C=O) groups is 1. The van der Waals surface area contributed by atoms with E-state index in [1.807, 2.05) is 73.7 Å². The lowest BCUT2D eigenvalue weighted by Gasteiger charge is -2.30. The molecule has 8 nitrogen and oxygen atoms in total. The molecular formula is C28H30N6O2S. The molecule has 0 radical (unpaired) electrons. The van der Waals surface area contributed by atoms with Crippen LogP contribution in [0.3, 0.4) is 0 Å². The van der Waals surface area contributed by atoms with Crippen molar-refractivity contribution in [1.82, 2.24) is 20.2 Å². The van der Waals surface area contributed by atoms with Crippen LogP contribution in [0.25, 0.3) is 0 Å². The first-order valence-corrected chi connectivity index (χ1v) is 13.0. The number of amidine groups is 2. The summed E-state index contributed by atoms with van der Waals surface area (Å²) in [6.45, 7) is 3.37. The lowest BCUT2D eigenvalue weighted by Crippen LogP contribution is -2.41. The first-order valence-electron chi connectivity index (χ1n) is 12.1. The summed E-state index contributed by atoms with van der Waals surface area (Å²) < 4.78 is 6.21. The van der Waals surface area contributed by atoms with Crippen molar-refractivity contribution in [2.75, 3.05) is 20.1 Å². The Morgan fingerprint density at radius 1 is 1.14 bits per heavy atom. The molecule has 0 aliphatic carbocycles. The fourth-order valence-corrected chi connectivity index (χ4v) is 4.68. The Kier molecular flexibility index (Phi) is 9.42. The third-order valence-electron chi connectivity index (χ3n) is 5.75. The summed E-state index contributed by atoms with van der Waals surface area (Å²) in [6, 6.07) is 17.3. The second-order valence-electron chi connectivity index (χ2n) is 8.32. The van der Waals surface area contributed by atoms with Crippen LogP contribution in [0.4, 0.5) is 5.82 Å². The van der Waals surface area contributed by atoms with E-state index in [1.54, 1.807) is 24.3 Å². The first-order chi connectivity index (χ1) is 18.2. The molecule has 190 valence electrons. The predicted octanol–water partition coefficient (Wildman–Crippen LogP) is 5.51. The highest BCUT2D eigenvalue weighted by Gasteiger charge is 2.23. The van der Waals surface area contributed by atoms with Crippen LogP contribution in [0.2, 0.25) is 0 Å². The molecule has 9 heteroatoms. The van der Waals surface area contributed by atoms with E-state index in [0.29, 0.717) is 23.2 Å². The van der Waals surface area contributed by atoms with E-state index in [-0.39, 0.29) is 5.92 Å². The number of nitrogens with zero attached hydrogens (tertiary/aromatic N) is 5. The van der Waals surface area contributed by atoms with Crippen LogP contribution >= 0.6 is 11.8 Å². The summed E-state index contributed by atoms with van der Waals surface area (Å²) in [6.07, 6.45) is 9.94. The van der Waals surface area contributed by atoms with Gasteiger partial charge in [0.1, 0.15) is 22.4 Å². The summed E-state index contributed by atoms with van der Waals surface area (Å²) in [5.74, 6) is 3.35. The van der Waals surface area contributed by atoms with Gasteiger partial charge in [0.2, 0.25) is 6.41 Å². The number of piperidine rings is 1. The van der Waals surface area contributed by atoms with E-state index in [2.05, 4.69) is 20.3 Å². The standard InChI is InChI=1S/C28H30N6O2S/c1-3-9-25(32-27(29-2)21-13-16-34(20-35)17-14-21)33-28-24(36-22-10-5-4-6-11-22)18-23(19-31-28)37-26-12-7-8-15-30-26/h3-12,15,18-21H,13-14,16-17H2,1-2H3,(H,29,31,32,33)/b9-3+. The van der Waals surface area contributed by atoms with E-state index in [0.717, 1.165) is 48.1 Å². The highest BCUT2D eigenvalue weighted by Crippen LogP contribution is 2.35. The highest BCUT2D eigenvalue weighted by atomic mass is 32.2. The number of aromatic nitrogens is 2. The number of likely N-dealkylation sites (tertiary alicyclic amines) is 1. The van der Waals surface area contributed by atoms with Gasteiger partial charge < -0.3 is 15.0 Å². The van der Waals surface area contributed by atoms with Crippen LogP contribution in [0.1, 0.15) is 19.8 Å². The Balaban J connectivity index is 1.62. The molecular weight excluding hydrogens is 484 g/mol. The topological polar surface area (TPSA) is 92.1 Å². The number of pyridine rings is 2. The van der Waals surface area contributed by atoms with Gasteiger partial charge in [-0.2, -0.15) is 0 Å². The Morgan fingerprint density at radius 3 is 2.59 bits per heavy atom. The Labute approximate surface area is 221 Å². The molecule has 0 saturated carbocycles. The zero-order valence-electron chi connectivity index (χ0n) is 20.9. The van der Waals surface area contributed by atoms with Gasteiger partial charge in [0.25, 0.3) is 0 Å². The van der Waals surface area contributed by atoms with Crippen LogP contribution in [-0.4, -0.2) is 53.1 Å². The Hall–Kier alpha value is -3.98. The van der Waals surface area contributed by atoms with Gasteiger partial charge in [0.05, 0.1) is 0 Å². The van der Waals surface area contributed by atoms with Crippen molar-refractivity contribution in [2.24, 2.45) is 15.9 Å². The van der Waals surface area contributed by atoms with Crippen LogP contribution in [-0.2, 0) is 4.79 Å². The van der Waals surface area contributed by atoms with Gasteiger partial charge in [-0.15, -0.1) is 0 Å². The minimum absolute atomic E-state index is 0.224. The van der Waals surface area contributed by atoms with Crippen molar-refractivity contribution in [2.45, 2.75) is 29.7 Å². The van der Waals surface area contributed by atoms with Crippen molar-refractivity contribution >= 4 is 35.7 Å². The Bertz CT molecular complexity index is 1260. The molecule has 0 atom stereocenters. The average Bonchev–Trinajstić information content (AvgIpc) is 2.94. The fraction of sp³-hybridized carbons (Fsp3) is 0.250. The van der Waals surface area contributed by atoms with E-state index >= 15 is 0 Å². The lowest BCUT2D eigenvalue weighted by molar-refractivity contribution is -0.119. The largest absolute Gasteiger partial charge is 0.453 e. The number of nitrogens with one attached hydrogen (secondary N) is 1. The average molecular weight is 515 g/mol. The van der Waals surface area contributed by atoms with Crippen molar-refractivity contribution < 1.29 is 9.53 Å². The van der Waals surface area contributed by atoms with Crippen molar-refractivity contribution in [1.29, 1.82) is 0 Å². The maximum absolute atomic E-state index is 11.1. The SMILES string of the molecule is C/C=C/C(=N\c1ncc(Sc2ccccn2)cc1Oc1ccccc1)NC(=NC)C1CCN(C=O)CC1. The van der Waals surface area contributed by atoms with Crippen molar-refractivity contribution in [3.05, 3.63) is 79.1 Å². The van der Waals surface area contributed by atoms with E-state index in [9.17, 15) is 4.79 Å². The third kappa shape index (κ3) is 7.50. The zero-order valence-corrected chi connectivity index (χ0v) is 21.8. The number of hydrogen-bond acceptors (Lipinski definition) is 7. The van der Waals surface area contributed by atoms with E-state index < -0.39 is 0 Å². The molecule has 1 fully saturated rings. The lowest BCUT2D eigenvalue weighted by atomic mass is 9.95. The molecule has 1 N–H and O–H groups in total. The Morgan fingerprint density at radius 2 is 1.92 bits per heavy atom. The van der Waals surface area contributed by atoms with Crippen LogP contribution < -0.4 is 10.1 Å². The van der Waals surface area contributed by atoms with Crippen LogP contribution in [0.5, 0.6) is 11.5 Å². The van der Waals surface area contributed by atoms with Crippen molar-refractivity contribution in [3.63, 3.8) is 0 Å². The number of amides is 1. The quantitative estimate of drug-likeness (QED) is 0.242. The van der Waals surface area contributed by atoms with E-state index in [1.165, 1.54) is 11.8 Å². The first kappa shape index (κ1) is 26.1.